The third-order valence-corrected chi connectivity index (χ3v) is 5.56. The Bertz CT molecular complexity index is 1110. The molecule has 5 nitrogen and oxygen atoms in total. The van der Waals surface area contributed by atoms with Crippen molar-refractivity contribution in [1.29, 1.82) is 0 Å². The summed E-state index contributed by atoms with van der Waals surface area (Å²) < 4.78 is 0. The minimum Gasteiger partial charge on any atom is -0.481 e. The van der Waals surface area contributed by atoms with E-state index in [4.69, 9.17) is 5.11 Å². The molecular formula is C22H19N3O2S. The van der Waals surface area contributed by atoms with Gasteiger partial charge in [0, 0.05) is 24.5 Å². The maximum Gasteiger partial charge on any atom is 0.305 e. The van der Waals surface area contributed by atoms with Gasteiger partial charge in [-0.25, -0.2) is 9.97 Å². The number of carbonyl (C=O) groups is 1. The van der Waals surface area contributed by atoms with E-state index in [1.165, 1.54) is 17.5 Å². The molecule has 0 aliphatic heterocycles. The van der Waals surface area contributed by atoms with Crippen molar-refractivity contribution in [1.82, 2.24) is 9.97 Å². The largest absolute Gasteiger partial charge is 0.481 e. The standard InChI is InChI=1S/C22H19N3O2S/c1-25(12-11-19(26)27)21-20-18(13-28-22(20)24-14-23-21)17-9-7-16(8-10-17)15-5-3-2-4-6-15/h2-10,13-14H,11-12H2,1H3,(H,26,27). The Kier molecular flexibility index (Phi) is 5.04. The first-order valence-electron chi connectivity index (χ1n) is 8.94. The van der Waals surface area contributed by atoms with Crippen LogP contribution in [0, 0.1) is 0 Å². The maximum atomic E-state index is 10.9. The fourth-order valence-corrected chi connectivity index (χ4v) is 4.11. The summed E-state index contributed by atoms with van der Waals surface area (Å²) >= 11 is 1.57. The average molecular weight is 389 g/mol. The van der Waals surface area contributed by atoms with Gasteiger partial charge in [-0.15, -0.1) is 11.3 Å². The molecule has 0 amide bonds. The predicted octanol–water partition coefficient (Wildman–Crippen LogP) is 4.94. The van der Waals surface area contributed by atoms with Gasteiger partial charge in [-0.05, 0) is 16.7 Å². The molecule has 0 saturated heterocycles. The molecule has 0 unspecified atom stereocenters. The second-order valence-corrected chi connectivity index (χ2v) is 7.39. The van der Waals surface area contributed by atoms with E-state index in [0.29, 0.717) is 6.54 Å². The molecule has 0 saturated carbocycles. The smallest absolute Gasteiger partial charge is 0.305 e. The van der Waals surface area contributed by atoms with E-state index in [2.05, 4.69) is 51.7 Å². The molecule has 4 aromatic rings. The molecule has 0 aliphatic rings. The lowest BCUT2D eigenvalue weighted by Crippen LogP contribution is -2.22. The minimum absolute atomic E-state index is 0.0627. The zero-order valence-electron chi connectivity index (χ0n) is 15.4. The second-order valence-electron chi connectivity index (χ2n) is 6.54. The van der Waals surface area contributed by atoms with Crippen LogP contribution in [0.5, 0.6) is 0 Å². The lowest BCUT2D eigenvalue weighted by Gasteiger charge is -2.18. The summed E-state index contributed by atoms with van der Waals surface area (Å²) in [5.41, 5.74) is 4.51. The molecule has 28 heavy (non-hydrogen) atoms. The zero-order chi connectivity index (χ0) is 19.5. The monoisotopic (exact) mass is 389 g/mol. The first-order valence-corrected chi connectivity index (χ1v) is 9.82. The molecule has 0 spiro atoms. The van der Waals surface area contributed by atoms with E-state index in [1.54, 1.807) is 11.3 Å². The SMILES string of the molecule is CN(CCC(=O)O)c1ncnc2scc(-c3ccc(-c4ccccc4)cc3)c12. The van der Waals surface area contributed by atoms with Crippen molar-refractivity contribution in [2.45, 2.75) is 6.42 Å². The maximum absolute atomic E-state index is 10.9. The van der Waals surface area contributed by atoms with E-state index in [1.807, 2.05) is 30.1 Å². The molecule has 0 atom stereocenters. The van der Waals surface area contributed by atoms with Gasteiger partial charge in [0.25, 0.3) is 0 Å². The number of hydrogen-bond donors (Lipinski definition) is 1. The Morgan fingerprint density at radius 3 is 2.39 bits per heavy atom. The van der Waals surface area contributed by atoms with Crippen molar-refractivity contribution in [2.24, 2.45) is 0 Å². The fourth-order valence-electron chi connectivity index (χ4n) is 3.20. The van der Waals surface area contributed by atoms with Crippen LogP contribution in [0.25, 0.3) is 32.5 Å². The summed E-state index contributed by atoms with van der Waals surface area (Å²) in [5.74, 6) is -0.0613. The Morgan fingerprint density at radius 1 is 1.00 bits per heavy atom. The number of carboxylic acids is 1. The molecule has 0 fully saturated rings. The molecule has 0 radical (unpaired) electrons. The fraction of sp³-hybridized carbons (Fsp3) is 0.136. The summed E-state index contributed by atoms with van der Waals surface area (Å²) in [7, 11) is 1.87. The Labute approximate surface area is 166 Å². The normalized spacial score (nSPS) is 10.9. The van der Waals surface area contributed by atoms with Crippen molar-refractivity contribution in [3.63, 3.8) is 0 Å². The van der Waals surface area contributed by atoms with Gasteiger partial charge < -0.3 is 10.0 Å². The lowest BCUT2D eigenvalue weighted by atomic mass is 10.0. The highest BCUT2D eigenvalue weighted by molar-refractivity contribution is 7.17. The van der Waals surface area contributed by atoms with Crippen molar-refractivity contribution in [3.05, 3.63) is 66.3 Å². The van der Waals surface area contributed by atoms with Crippen LogP contribution < -0.4 is 4.90 Å². The number of nitrogens with zero attached hydrogens (tertiary/aromatic N) is 3. The van der Waals surface area contributed by atoms with Crippen LogP contribution in [0.2, 0.25) is 0 Å². The zero-order valence-corrected chi connectivity index (χ0v) is 16.2. The third-order valence-electron chi connectivity index (χ3n) is 4.68. The van der Waals surface area contributed by atoms with Gasteiger partial charge in [0.1, 0.15) is 17.0 Å². The van der Waals surface area contributed by atoms with E-state index in [9.17, 15) is 4.79 Å². The number of carboxylic acid groups (broad SMARTS) is 1. The van der Waals surface area contributed by atoms with E-state index in [0.717, 1.165) is 27.2 Å². The molecule has 4 rings (SSSR count). The highest BCUT2D eigenvalue weighted by Crippen LogP contribution is 2.38. The predicted molar refractivity (Wildman–Crippen MR) is 114 cm³/mol. The lowest BCUT2D eigenvalue weighted by molar-refractivity contribution is -0.136. The third kappa shape index (κ3) is 3.59. The summed E-state index contributed by atoms with van der Waals surface area (Å²) in [6.45, 7) is 0.393. The summed E-state index contributed by atoms with van der Waals surface area (Å²) in [6, 6.07) is 18.7. The summed E-state index contributed by atoms with van der Waals surface area (Å²) in [6.07, 6.45) is 1.60. The number of fused-ring (bicyclic) bond motifs is 1. The van der Waals surface area contributed by atoms with Crippen molar-refractivity contribution < 1.29 is 9.90 Å². The van der Waals surface area contributed by atoms with E-state index < -0.39 is 5.97 Å². The van der Waals surface area contributed by atoms with Crippen LogP contribution in [-0.2, 0) is 4.79 Å². The van der Waals surface area contributed by atoms with Crippen LogP contribution in [0.15, 0.2) is 66.3 Å². The molecule has 1 N–H and O–H groups in total. The van der Waals surface area contributed by atoms with Crippen LogP contribution in [-0.4, -0.2) is 34.6 Å². The van der Waals surface area contributed by atoms with Crippen molar-refractivity contribution in [2.75, 3.05) is 18.5 Å². The first-order chi connectivity index (χ1) is 13.6. The van der Waals surface area contributed by atoms with Gasteiger partial charge in [0.2, 0.25) is 0 Å². The molecule has 0 bridgehead atoms. The highest BCUT2D eigenvalue weighted by atomic mass is 32.1. The average Bonchev–Trinajstić information content (AvgIpc) is 3.17. The van der Waals surface area contributed by atoms with Crippen molar-refractivity contribution in [3.8, 4) is 22.3 Å². The second kappa shape index (κ2) is 7.78. The van der Waals surface area contributed by atoms with Crippen molar-refractivity contribution >= 4 is 33.3 Å². The van der Waals surface area contributed by atoms with Gasteiger partial charge in [-0.1, -0.05) is 54.6 Å². The number of aromatic nitrogens is 2. The highest BCUT2D eigenvalue weighted by Gasteiger charge is 2.16. The van der Waals surface area contributed by atoms with Gasteiger partial charge in [-0.2, -0.15) is 0 Å². The minimum atomic E-state index is -0.820. The molecular weight excluding hydrogens is 370 g/mol. The quantitative estimate of drug-likeness (QED) is 0.506. The molecule has 2 aromatic heterocycles. The van der Waals surface area contributed by atoms with Gasteiger partial charge in [-0.3, -0.25) is 4.79 Å². The van der Waals surface area contributed by atoms with Crippen LogP contribution in [0.1, 0.15) is 6.42 Å². The number of thiophene rings is 1. The van der Waals surface area contributed by atoms with Crippen LogP contribution in [0.3, 0.4) is 0 Å². The molecule has 0 aliphatic carbocycles. The number of benzene rings is 2. The topological polar surface area (TPSA) is 66.3 Å². The number of rotatable bonds is 6. The molecule has 6 heteroatoms. The van der Waals surface area contributed by atoms with Gasteiger partial charge in [0.05, 0.1) is 11.8 Å². The number of hydrogen-bond acceptors (Lipinski definition) is 5. The van der Waals surface area contributed by atoms with E-state index in [-0.39, 0.29) is 6.42 Å². The number of anilines is 1. The molecule has 140 valence electrons. The van der Waals surface area contributed by atoms with Crippen LogP contribution in [0.4, 0.5) is 5.82 Å². The Hall–Kier alpha value is -3.25. The Balaban J connectivity index is 1.72. The van der Waals surface area contributed by atoms with Gasteiger partial charge in [0.15, 0.2) is 0 Å². The van der Waals surface area contributed by atoms with Crippen LogP contribution >= 0.6 is 11.3 Å². The number of aliphatic carboxylic acids is 1. The summed E-state index contributed by atoms with van der Waals surface area (Å²) in [5, 5.41) is 12.0. The molecule has 2 heterocycles. The molecule has 2 aromatic carbocycles. The summed E-state index contributed by atoms with van der Waals surface area (Å²) in [4.78, 5) is 22.5. The first kappa shape index (κ1) is 18.1. The van der Waals surface area contributed by atoms with Gasteiger partial charge >= 0.3 is 5.97 Å². The Morgan fingerprint density at radius 2 is 1.68 bits per heavy atom. The van der Waals surface area contributed by atoms with E-state index >= 15 is 0 Å².